The van der Waals surface area contributed by atoms with Crippen molar-refractivity contribution in [3.63, 3.8) is 0 Å². The van der Waals surface area contributed by atoms with Crippen LogP contribution in [-0.4, -0.2) is 13.2 Å². The third-order valence-corrected chi connectivity index (χ3v) is 4.24. The molecule has 0 radical (unpaired) electrons. The molecule has 1 aromatic heterocycles. The van der Waals surface area contributed by atoms with Crippen LogP contribution in [0, 0.1) is 0 Å². The number of thiophene rings is 1. The lowest BCUT2D eigenvalue weighted by atomic mass is 10.1. The maximum Gasteiger partial charge on any atom is 0.161 e. The molecule has 0 amide bonds. The number of nitrogens with one attached hydrogen (secondary N) is 1. The molecule has 2 heterocycles. The van der Waals surface area contributed by atoms with Crippen LogP contribution < -0.4 is 14.8 Å². The van der Waals surface area contributed by atoms with Gasteiger partial charge in [-0.3, -0.25) is 0 Å². The molecule has 0 aliphatic carbocycles. The first-order valence-corrected chi connectivity index (χ1v) is 7.36. The van der Waals surface area contributed by atoms with Crippen LogP contribution in [0.4, 0.5) is 0 Å². The third kappa shape index (κ3) is 2.91. The Morgan fingerprint density at radius 1 is 1.21 bits per heavy atom. The molecule has 3 rings (SSSR count). The fraction of sp³-hybridized carbons (Fsp3) is 0.333. The number of hydrogen-bond donors (Lipinski definition) is 1. The first-order chi connectivity index (χ1) is 9.33. The summed E-state index contributed by atoms with van der Waals surface area (Å²) < 4.78 is 11.1. The van der Waals surface area contributed by atoms with E-state index in [0.717, 1.165) is 18.0 Å². The van der Waals surface area contributed by atoms with Crippen molar-refractivity contribution >= 4 is 11.3 Å². The van der Waals surface area contributed by atoms with Crippen molar-refractivity contribution in [3.05, 3.63) is 46.2 Å². The van der Waals surface area contributed by atoms with E-state index in [1.807, 2.05) is 6.07 Å². The molecular formula is C15H17NO2S. The van der Waals surface area contributed by atoms with E-state index in [0.29, 0.717) is 19.3 Å². The molecule has 1 aliphatic rings. The van der Waals surface area contributed by atoms with E-state index in [9.17, 15) is 0 Å². The zero-order chi connectivity index (χ0) is 13.1. The second-order valence-electron chi connectivity index (χ2n) is 4.60. The summed E-state index contributed by atoms with van der Waals surface area (Å²) >= 11 is 1.78. The van der Waals surface area contributed by atoms with Crippen LogP contribution in [0.3, 0.4) is 0 Å². The minimum absolute atomic E-state index is 0.369. The average molecular weight is 275 g/mol. The summed E-state index contributed by atoms with van der Waals surface area (Å²) in [4.78, 5) is 1.36. The van der Waals surface area contributed by atoms with Gasteiger partial charge in [-0.2, -0.15) is 0 Å². The van der Waals surface area contributed by atoms with Gasteiger partial charge in [-0.1, -0.05) is 12.1 Å². The predicted molar refractivity (Wildman–Crippen MR) is 77.0 cm³/mol. The van der Waals surface area contributed by atoms with Gasteiger partial charge in [0.1, 0.15) is 13.2 Å². The average Bonchev–Trinajstić information content (AvgIpc) is 2.99. The molecule has 100 valence electrons. The van der Waals surface area contributed by atoms with Crippen LogP contribution in [0.5, 0.6) is 11.5 Å². The number of ether oxygens (including phenoxy) is 2. The summed E-state index contributed by atoms with van der Waals surface area (Å²) in [5.41, 5.74) is 1.22. The van der Waals surface area contributed by atoms with Gasteiger partial charge >= 0.3 is 0 Å². The molecule has 0 spiro atoms. The van der Waals surface area contributed by atoms with Gasteiger partial charge in [0.15, 0.2) is 11.5 Å². The Morgan fingerprint density at radius 2 is 2.05 bits per heavy atom. The Morgan fingerprint density at radius 3 is 2.84 bits per heavy atom. The van der Waals surface area contributed by atoms with Crippen LogP contribution in [0.25, 0.3) is 0 Å². The molecule has 1 atom stereocenters. The smallest absolute Gasteiger partial charge is 0.161 e. The van der Waals surface area contributed by atoms with Crippen molar-refractivity contribution in [3.8, 4) is 11.5 Å². The lowest BCUT2D eigenvalue weighted by molar-refractivity contribution is 0.171. The van der Waals surface area contributed by atoms with E-state index in [-0.39, 0.29) is 0 Å². The summed E-state index contributed by atoms with van der Waals surface area (Å²) in [6.07, 6.45) is 0. The predicted octanol–water partition coefficient (Wildman–Crippen LogP) is 3.37. The van der Waals surface area contributed by atoms with Gasteiger partial charge in [0.25, 0.3) is 0 Å². The highest BCUT2D eigenvalue weighted by molar-refractivity contribution is 7.10. The maximum absolute atomic E-state index is 5.59. The monoisotopic (exact) mass is 275 g/mol. The van der Waals surface area contributed by atoms with Crippen molar-refractivity contribution in [1.82, 2.24) is 5.32 Å². The van der Waals surface area contributed by atoms with Gasteiger partial charge in [-0.05, 0) is 36.1 Å². The Balaban J connectivity index is 1.64. The fourth-order valence-electron chi connectivity index (χ4n) is 2.11. The maximum atomic E-state index is 5.59. The quantitative estimate of drug-likeness (QED) is 0.928. The first-order valence-electron chi connectivity index (χ1n) is 6.48. The minimum atomic E-state index is 0.369. The summed E-state index contributed by atoms with van der Waals surface area (Å²) in [6, 6.07) is 10.7. The molecule has 1 N–H and O–H groups in total. The third-order valence-electron chi connectivity index (χ3n) is 3.19. The molecule has 0 bridgehead atoms. The zero-order valence-corrected chi connectivity index (χ0v) is 11.7. The Labute approximate surface area is 117 Å². The number of hydrogen-bond acceptors (Lipinski definition) is 4. The van der Waals surface area contributed by atoms with Crippen LogP contribution >= 0.6 is 11.3 Å². The molecule has 1 unspecified atom stereocenters. The molecule has 0 saturated heterocycles. The second kappa shape index (κ2) is 5.63. The lowest BCUT2D eigenvalue weighted by Crippen LogP contribution is -2.18. The van der Waals surface area contributed by atoms with Gasteiger partial charge in [-0.15, -0.1) is 11.3 Å². The highest BCUT2D eigenvalue weighted by atomic mass is 32.1. The largest absolute Gasteiger partial charge is 0.486 e. The van der Waals surface area contributed by atoms with E-state index in [1.54, 1.807) is 11.3 Å². The van der Waals surface area contributed by atoms with Gasteiger partial charge in [0.2, 0.25) is 0 Å². The topological polar surface area (TPSA) is 30.5 Å². The van der Waals surface area contributed by atoms with Crippen LogP contribution in [-0.2, 0) is 6.54 Å². The molecule has 0 fully saturated rings. The molecule has 1 aromatic carbocycles. The van der Waals surface area contributed by atoms with Crippen LogP contribution in [0.1, 0.15) is 23.4 Å². The summed E-state index contributed by atoms with van der Waals surface area (Å²) in [5.74, 6) is 1.70. The van der Waals surface area contributed by atoms with Crippen LogP contribution in [0.15, 0.2) is 35.7 Å². The first kappa shape index (κ1) is 12.5. The van der Waals surface area contributed by atoms with Crippen molar-refractivity contribution in [1.29, 1.82) is 0 Å². The number of benzene rings is 1. The Bertz CT molecular complexity index is 539. The Kier molecular flexibility index (Phi) is 3.71. The van der Waals surface area contributed by atoms with Gasteiger partial charge in [-0.25, -0.2) is 0 Å². The highest BCUT2D eigenvalue weighted by Crippen LogP contribution is 2.30. The normalized spacial score (nSPS) is 15.2. The zero-order valence-electron chi connectivity index (χ0n) is 10.9. The van der Waals surface area contributed by atoms with E-state index >= 15 is 0 Å². The van der Waals surface area contributed by atoms with Gasteiger partial charge in [0.05, 0.1) is 0 Å². The summed E-state index contributed by atoms with van der Waals surface area (Å²) in [6.45, 7) is 4.29. The summed E-state index contributed by atoms with van der Waals surface area (Å²) in [7, 11) is 0. The molecule has 3 nitrogen and oxygen atoms in total. The second-order valence-corrected chi connectivity index (χ2v) is 5.58. The van der Waals surface area contributed by atoms with Gasteiger partial charge < -0.3 is 14.8 Å². The minimum Gasteiger partial charge on any atom is -0.486 e. The van der Waals surface area contributed by atoms with Crippen molar-refractivity contribution in [2.45, 2.75) is 19.5 Å². The van der Waals surface area contributed by atoms with Crippen molar-refractivity contribution < 1.29 is 9.47 Å². The highest BCUT2D eigenvalue weighted by Gasteiger charge is 2.12. The van der Waals surface area contributed by atoms with E-state index < -0.39 is 0 Å². The Hall–Kier alpha value is -1.52. The molecular weight excluding hydrogens is 258 g/mol. The van der Waals surface area contributed by atoms with E-state index in [4.69, 9.17) is 9.47 Å². The molecule has 0 saturated carbocycles. The fourth-order valence-corrected chi connectivity index (χ4v) is 2.87. The van der Waals surface area contributed by atoms with Crippen molar-refractivity contribution in [2.24, 2.45) is 0 Å². The summed E-state index contributed by atoms with van der Waals surface area (Å²) in [5, 5.41) is 5.63. The molecule has 4 heteroatoms. The standard InChI is InChI=1S/C15H17NO2S/c1-11(15-3-2-8-19-15)16-10-12-4-5-13-14(9-12)18-7-6-17-13/h2-5,8-9,11,16H,6-7,10H2,1H3. The van der Waals surface area contributed by atoms with E-state index in [2.05, 4.69) is 41.9 Å². The number of fused-ring (bicyclic) bond motifs is 1. The molecule has 1 aliphatic heterocycles. The molecule has 2 aromatic rings. The number of rotatable bonds is 4. The van der Waals surface area contributed by atoms with Crippen LogP contribution in [0.2, 0.25) is 0 Å². The van der Waals surface area contributed by atoms with E-state index in [1.165, 1.54) is 10.4 Å². The lowest BCUT2D eigenvalue weighted by Gasteiger charge is -2.19. The van der Waals surface area contributed by atoms with Gasteiger partial charge in [0, 0.05) is 17.5 Å². The van der Waals surface area contributed by atoms with Crippen molar-refractivity contribution in [2.75, 3.05) is 13.2 Å². The molecule has 19 heavy (non-hydrogen) atoms. The SMILES string of the molecule is CC(NCc1ccc2c(c1)OCCO2)c1cccs1.